The highest BCUT2D eigenvalue weighted by Crippen LogP contribution is 2.28. The fourth-order valence-corrected chi connectivity index (χ4v) is 3.96. The van der Waals surface area contributed by atoms with Gasteiger partial charge < -0.3 is 33.2 Å². The summed E-state index contributed by atoms with van der Waals surface area (Å²) in [6.07, 6.45) is -8.63. The highest BCUT2D eigenvalue weighted by molar-refractivity contribution is 5.70. The Morgan fingerprint density at radius 1 is 0.500 bits per heavy atom. The van der Waals surface area contributed by atoms with Crippen molar-refractivity contribution in [1.29, 1.82) is 0 Å². The summed E-state index contributed by atoms with van der Waals surface area (Å²) < 4.78 is 37.2. The van der Waals surface area contributed by atoms with Crippen LogP contribution in [0, 0.1) is 0 Å². The fraction of sp³-hybridized carbons (Fsp3) is 0.731. The molecule has 0 amide bonds. The van der Waals surface area contributed by atoms with E-state index in [1.54, 1.807) is 6.92 Å². The first-order valence-electron chi connectivity index (χ1n) is 12.7. The molecule has 0 saturated heterocycles. The second-order valence-corrected chi connectivity index (χ2v) is 8.85. The maximum atomic E-state index is 12.3. The molecule has 0 radical (unpaired) electrons. The standard InChI is InChI=1S/C26H40O14/c1-9-11-20(35-14(2)27)23(37-16(4)29)25(39-18(6)31)26(40-19(7)32)24(38-17(5)30)21(36-15(3)28)12-10-13-22(33)34-8/h20-21,23-26H,9-13H2,1-8H3/t20-,21-,23+,24-,25+,26-/m1/s1. The number of hydrogen-bond donors (Lipinski definition) is 0. The molecule has 6 atom stereocenters. The highest BCUT2D eigenvalue weighted by atomic mass is 16.6. The van der Waals surface area contributed by atoms with Gasteiger partial charge in [-0.15, -0.1) is 0 Å². The van der Waals surface area contributed by atoms with Gasteiger partial charge in [0.05, 0.1) is 7.11 Å². The third-order valence-electron chi connectivity index (χ3n) is 5.22. The third-order valence-corrected chi connectivity index (χ3v) is 5.22. The van der Waals surface area contributed by atoms with Crippen LogP contribution in [-0.2, 0) is 66.7 Å². The van der Waals surface area contributed by atoms with Crippen LogP contribution < -0.4 is 0 Å². The molecule has 0 aliphatic heterocycles. The van der Waals surface area contributed by atoms with Crippen LogP contribution in [0.25, 0.3) is 0 Å². The van der Waals surface area contributed by atoms with Gasteiger partial charge in [0.25, 0.3) is 0 Å². The Morgan fingerprint density at radius 3 is 1.12 bits per heavy atom. The molecular weight excluding hydrogens is 536 g/mol. The average molecular weight is 577 g/mol. The fourth-order valence-electron chi connectivity index (χ4n) is 3.96. The first-order valence-corrected chi connectivity index (χ1v) is 12.7. The lowest BCUT2D eigenvalue weighted by molar-refractivity contribution is -0.219. The Hall–Kier alpha value is -3.71. The van der Waals surface area contributed by atoms with E-state index in [1.165, 1.54) is 7.11 Å². The molecule has 0 aromatic heterocycles. The molecule has 14 heteroatoms. The minimum absolute atomic E-state index is 0.0856. The number of rotatable bonds is 17. The summed E-state index contributed by atoms with van der Waals surface area (Å²) in [5, 5.41) is 0. The van der Waals surface area contributed by atoms with Gasteiger partial charge >= 0.3 is 41.8 Å². The summed E-state index contributed by atoms with van der Waals surface area (Å²) >= 11 is 0. The Kier molecular flexibility index (Phi) is 16.8. The maximum absolute atomic E-state index is 12.3. The van der Waals surface area contributed by atoms with E-state index in [0.29, 0.717) is 6.42 Å². The molecule has 0 aromatic rings. The van der Waals surface area contributed by atoms with E-state index in [2.05, 4.69) is 4.74 Å². The third kappa shape index (κ3) is 14.4. The largest absolute Gasteiger partial charge is 0.469 e. The van der Waals surface area contributed by atoms with Gasteiger partial charge in [0.2, 0.25) is 0 Å². The predicted octanol–water partition coefficient (Wildman–Crippen LogP) is 1.72. The van der Waals surface area contributed by atoms with Crippen molar-refractivity contribution in [3.63, 3.8) is 0 Å². The lowest BCUT2D eigenvalue weighted by Crippen LogP contribution is -2.58. The molecule has 0 fully saturated rings. The molecule has 0 aliphatic carbocycles. The number of esters is 7. The molecular formula is C26H40O14. The Balaban J connectivity index is 7.07. The van der Waals surface area contributed by atoms with Crippen molar-refractivity contribution >= 4 is 41.8 Å². The molecule has 0 spiro atoms. The molecule has 14 nitrogen and oxygen atoms in total. The van der Waals surface area contributed by atoms with E-state index >= 15 is 0 Å². The van der Waals surface area contributed by atoms with Gasteiger partial charge in [-0.05, 0) is 19.3 Å². The Morgan fingerprint density at radius 2 is 0.825 bits per heavy atom. The normalized spacial score (nSPS) is 15.1. The van der Waals surface area contributed by atoms with Crippen LogP contribution in [0.5, 0.6) is 0 Å². The molecule has 0 unspecified atom stereocenters. The Labute approximate surface area is 233 Å². The number of hydrogen-bond acceptors (Lipinski definition) is 14. The summed E-state index contributed by atoms with van der Waals surface area (Å²) in [7, 11) is 1.19. The highest BCUT2D eigenvalue weighted by Gasteiger charge is 2.50. The first kappa shape index (κ1) is 36.3. The second-order valence-electron chi connectivity index (χ2n) is 8.85. The second kappa shape index (κ2) is 18.6. The molecule has 228 valence electrons. The number of methoxy groups -OCH3 is 1. The van der Waals surface area contributed by atoms with Crippen LogP contribution >= 0.6 is 0 Å². The van der Waals surface area contributed by atoms with Crippen LogP contribution in [0.4, 0.5) is 0 Å². The molecule has 0 rings (SSSR count). The Bertz CT molecular complexity index is 898. The summed E-state index contributed by atoms with van der Waals surface area (Å²) in [4.78, 5) is 84.4. The van der Waals surface area contributed by atoms with Gasteiger partial charge in [-0.25, -0.2) is 0 Å². The lowest BCUT2D eigenvalue weighted by atomic mass is 9.91. The van der Waals surface area contributed by atoms with Gasteiger partial charge in [-0.1, -0.05) is 13.3 Å². The smallest absolute Gasteiger partial charge is 0.305 e. The van der Waals surface area contributed by atoms with Gasteiger partial charge in [0.1, 0.15) is 12.2 Å². The zero-order valence-corrected chi connectivity index (χ0v) is 24.2. The summed E-state index contributed by atoms with van der Waals surface area (Å²) in [5.41, 5.74) is 0. The molecule has 0 bridgehead atoms. The van der Waals surface area contributed by atoms with Crippen LogP contribution in [0.1, 0.15) is 80.6 Å². The van der Waals surface area contributed by atoms with Crippen molar-refractivity contribution in [1.82, 2.24) is 0 Å². The SMILES string of the molecule is CCC[C@@H](OC(C)=O)[C@H](OC(C)=O)[C@H](OC(C)=O)[C@H](OC(C)=O)[C@H](OC(C)=O)[C@@H](CCCC(=O)OC)OC(C)=O. The van der Waals surface area contributed by atoms with E-state index < -0.39 is 78.4 Å². The minimum Gasteiger partial charge on any atom is -0.469 e. The predicted molar refractivity (Wildman–Crippen MR) is 134 cm³/mol. The summed E-state index contributed by atoms with van der Waals surface area (Å²) in [6, 6.07) is 0. The number of carbonyl (C=O) groups is 7. The van der Waals surface area contributed by atoms with Gasteiger partial charge in [-0.2, -0.15) is 0 Å². The van der Waals surface area contributed by atoms with E-state index in [4.69, 9.17) is 28.4 Å². The summed E-state index contributed by atoms with van der Waals surface area (Å²) in [6.45, 7) is 8.13. The van der Waals surface area contributed by atoms with Crippen molar-refractivity contribution in [2.75, 3.05) is 7.11 Å². The molecule has 0 aliphatic rings. The van der Waals surface area contributed by atoms with Crippen LogP contribution in [0.15, 0.2) is 0 Å². The topological polar surface area (TPSA) is 184 Å². The van der Waals surface area contributed by atoms with Crippen LogP contribution in [0.2, 0.25) is 0 Å². The van der Waals surface area contributed by atoms with Gasteiger partial charge in [0, 0.05) is 48.0 Å². The van der Waals surface area contributed by atoms with Gasteiger partial charge in [-0.3, -0.25) is 33.6 Å². The number of ether oxygens (including phenoxy) is 7. The molecule has 0 heterocycles. The van der Waals surface area contributed by atoms with Crippen molar-refractivity contribution in [3.05, 3.63) is 0 Å². The average Bonchev–Trinajstić information content (AvgIpc) is 2.81. The zero-order valence-electron chi connectivity index (χ0n) is 24.2. The maximum Gasteiger partial charge on any atom is 0.305 e. The quantitative estimate of drug-likeness (QED) is 0.180. The minimum atomic E-state index is -1.73. The molecule has 0 N–H and O–H groups in total. The van der Waals surface area contributed by atoms with Crippen molar-refractivity contribution in [3.8, 4) is 0 Å². The lowest BCUT2D eigenvalue weighted by Gasteiger charge is -2.39. The van der Waals surface area contributed by atoms with Crippen molar-refractivity contribution in [2.24, 2.45) is 0 Å². The summed E-state index contributed by atoms with van der Waals surface area (Å²) in [5.74, 6) is -5.66. The van der Waals surface area contributed by atoms with E-state index in [1.807, 2.05) is 0 Å². The van der Waals surface area contributed by atoms with Gasteiger partial charge in [0.15, 0.2) is 24.4 Å². The number of carbonyl (C=O) groups excluding carboxylic acids is 7. The van der Waals surface area contributed by atoms with E-state index in [9.17, 15) is 33.6 Å². The van der Waals surface area contributed by atoms with Crippen LogP contribution in [-0.4, -0.2) is 85.5 Å². The van der Waals surface area contributed by atoms with Crippen molar-refractivity contribution in [2.45, 2.75) is 117 Å². The molecule has 0 saturated carbocycles. The molecule has 0 aromatic carbocycles. The van der Waals surface area contributed by atoms with E-state index in [-0.39, 0.29) is 25.7 Å². The zero-order chi connectivity index (χ0) is 31.0. The monoisotopic (exact) mass is 576 g/mol. The molecule has 40 heavy (non-hydrogen) atoms. The van der Waals surface area contributed by atoms with Crippen molar-refractivity contribution < 1.29 is 66.7 Å². The van der Waals surface area contributed by atoms with E-state index in [0.717, 1.165) is 41.5 Å². The van der Waals surface area contributed by atoms with Crippen LogP contribution in [0.3, 0.4) is 0 Å². The first-order chi connectivity index (χ1) is 18.6.